The van der Waals surface area contributed by atoms with Crippen LogP contribution < -0.4 is 5.32 Å². The van der Waals surface area contributed by atoms with Crippen molar-refractivity contribution in [2.75, 3.05) is 13.2 Å². The highest BCUT2D eigenvalue weighted by Crippen LogP contribution is 2.07. The second-order valence-corrected chi connectivity index (χ2v) is 5.37. The van der Waals surface area contributed by atoms with Gasteiger partial charge in [-0.15, -0.1) is 0 Å². The SMILES string of the molecule is C=N/C=C\C(=C/C)C(=O)OCC1CCCN1.CC(C)C. The molecule has 0 aliphatic carbocycles. The van der Waals surface area contributed by atoms with Crippen molar-refractivity contribution in [1.29, 1.82) is 0 Å². The second kappa shape index (κ2) is 11.4. The zero-order valence-electron chi connectivity index (χ0n) is 13.2. The predicted molar refractivity (Wildman–Crippen MR) is 84.9 cm³/mol. The third kappa shape index (κ3) is 9.50. The zero-order chi connectivity index (χ0) is 15.4. The molecule has 4 heteroatoms. The van der Waals surface area contributed by atoms with Crippen LogP contribution in [-0.4, -0.2) is 31.9 Å². The monoisotopic (exact) mass is 280 g/mol. The maximum Gasteiger partial charge on any atom is 0.337 e. The number of ether oxygens (including phenoxy) is 1. The first-order valence-electron chi connectivity index (χ1n) is 7.20. The van der Waals surface area contributed by atoms with E-state index in [2.05, 4.69) is 37.8 Å². The number of aliphatic imine (C=N–C) groups is 1. The van der Waals surface area contributed by atoms with Crippen LogP contribution in [0, 0.1) is 5.92 Å². The fraction of sp³-hybridized carbons (Fsp3) is 0.625. The molecule has 1 aliphatic heterocycles. The van der Waals surface area contributed by atoms with Gasteiger partial charge >= 0.3 is 5.97 Å². The Morgan fingerprint density at radius 3 is 2.60 bits per heavy atom. The van der Waals surface area contributed by atoms with Gasteiger partial charge in [0.1, 0.15) is 6.61 Å². The molecule has 0 aromatic carbocycles. The summed E-state index contributed by atoms with van der Waals surface area (Å²) in [5.74, 6) is 0.524. The van der Waals surface area contributed by atoms with Gasteiger partial charge in [-0.3, -0.25) is 4.99 Å². The van der Waals surface area contributed by atoms with Gasteiger partial charge in [0.25, 0.3) is 0 Å². The van der Waals surface area contributed by atoms with Crippen LogP contribution in [-0.2, 0) is 9.53 Å². The predicted octanol–water partition coefficient (Wildman–Crippen LogP) is 3.10. The number of rotatable bonds is 5. The minimum atomic E-state index is -0.309. The Kier molecular flexibility index (Phi) is 10.6. The van der Waals surface area contributed by atoms with Gasteiger partial charge in [0.15, 0.2) is 0 Å². The molecule has 1 rings (SSSR count). The van der Waals surface area contributed by atoms with Crippen molar-refractivity contribution in [3.8, 4) is 0 Å². The van der Waals surface area contributed by atoms with E-state index in [4.69, 9.17) is 4.74 Å². The molecule has 1 saturated heterocycles. The molecule has 0 saturated carbocycles. The highest BCUT2D eigenvalue weighted by Gasteiger charge is 2.16. The van der Waals surface area contributed by atoms with Crippen LogP contribution in [0.4, 0.5) is 0 Å². The van der Waals surface area contributed by atoms with E-state index >= 15 is 0 Å². The van der Waals surface area contributed by atoms with Gasteiger partial charge in [-0.2, -0.15) is 0 Å². The topological polar surface area (TPSA) is 50.7 Å². The summed E-state index contributed by atoms with van der Waals surface area (Å²) in [5, 5.41) is 3.27. The smallest absolute Gasteiger partial charge is 0.337 e. The first-order chi connectivity index (χ1) is 9.51. The van der Waals surface area contributed by atoms with Gasteiger partial charge in [0.2, 0.25) is 0 Å². The normalized spacial score (nSPS) is 18.9. The molecule has 0 bridgehead atoms. The maximum absolute atomic E-state index is 11.6. The highest BCUT2D eigenvalue weighted by atomic mass is 16.5. The first kappa shape index (κ1) is 18.6. The van der Waals surface area contributed by atoms with Crippen molar-refractivity contribution >= 4 is 12.7 Å². The van der Waals surface area contributed by atoms with Crippen molar-refractivity contribution in [3.63, 3.8) is 0 Å². The van der Waals surface area contributed by atoms with Crippen LogP contribution >= 0.6 is 0 Å². The first-order valence-corrected chi connectivity index (χ1v) is 7.20. The average Bonchev–Trinajstić information content (AvgIpc) is 2.89. The molecular weight excluding hydrogens is 252 g/mol. The van der Waals surface area contributed by atoms with Crippen molar-refractivity contribution in [3.05, 3.63) is 23.9 Å². The second-order valence-electron chi connectivity index (χ2n) is 5.37. The Hall–Kier alpha value is -1.42. The number of nitrogens with zero attached hydrogens (tertiary/aromatic N) is 1. The molecule has 0 amide bonds. The Balaban J connectivity index is 0.000000796. The standard InChI is InChI=1S/C12H18N2O2.C4H10/c1-3-10(6-8-13-2)12(15)16-9-11-5-4-7-14-11;1-4(2)3/h3,6,8,11,14H,2,4-5,7,9H2,1H3;4H,1-3H3/b8-6-,10-3+;. The van der Waals surface area contributed by atoms with Gasteiger partial charge in [-0.1, -0.05) is 26.8 Å². The van der Waals surface area contributed by atoms with Gasteiger partial charge in [-0.05, 0) is 45.0 Å². The highest BCUT2D eigenvalue weighted by molar-refractivity contribution is 5.91. The number of carbonyl (C=O) groups excluding carboxylic acids is 1. The van der Waals surface area contributed by atoms with E-state index in [1.54, 1.807) is 19.1 Å². The Bertz CT molecular complexity index is 338. The summed E-state index contributed by atoms with van der Waals surface area (Å²) in [6.45, 7) is 13.0. The number of hydrogen-bond donors (Lipinski definition) is 1. The summed E-state index contributed by atoms with van der Waals surface area (Å²) in [5.41, 5.74) is 0.505. The Morgan fingerprint density at radius 2 is 2.15 bits per heavy atom. The lowest BCUT2D eigenvalue weighted by Crippen LogP contribution is -2.28. The average molecular weight is 280 g/mol. The third-order valence-corrected chi connectivity index (χ3v) is 2.48. The van der Waals surface area contributed by atoms with Crippen molar-refractivity contribution < 1.29 is 9.53 Å². The minimum Gasteiger partial charge on any atom is -0.460 e. The quantitative estimate of drug-likeness (QED) is 0.364. The zero-order valence-corrected chi connectivity index (χ0v) is 13.2. The maximum atomic E-state index is 11.6. The van der Waals surface area contributed by atoms with Crippen LogP contribution in [0.2, 0.25) is 0 Å². The molecule has 1 fully saturated rings. The van der Waals surface area contributed by atoms with Gasteiger partial charge < -0.3 is 10.1 Å². The lowest BCUT2D eigenvalue weighted by molar-refractivity contribution is -0.139. The largest absolute Gasteiger partial charge is 0.460 e. The fourth-order valence-electron chi connectivity index (χ4n) is 1.57. The summed E-state index contributed by atoms with van der Waals surface area (Å²) < 4.78 is 5.19. The van der Waals surface area contributed by atoms with E-state index < -0.39 is 0 Å². The molecule has 20 heavy (non-hydrogen) atoms. The van der Waals surface area contributed by atoms with E-state index in [1.807, 2.05) is 0 Å². The van der Waals surface area contributed by atoms with E-state index in [1.165, 1.54) is 6.20 Å². The summed E-state index contributed by atoms with van der Waals surface area (Å²) in [6.07, 6.45) is 7.00. The lowest BCUT2D eigenvalue weighted by Gasteiger charge is -2.10. The molecule has 0 spiro atoms. The van der Waals surface area contributed by atoms with Crippen LogP contribution in [0.3, 0.4) is 0 Å². The number of esters is 1. The summed E-state index contributed by atoms with van der Waals surface area (Å²) in [4.78, 5) is 15.2. The minimum absolute atomic E-state index is 0.309. The number of hydrogen-bond acceptors (Lipinski definition) is 4. The molecule has 114 valence electrons. The van der Waals surface area contributed by atoms with Crippen molar-refractivity contribution in [1.82, 2.24) is 5.32 Å². The number of carbonyl (C=O) groups is 1. The van der Waals surface area contributed by atoms with E-state index in [0.29, 0.717) is 18.2 Å². The number of allylic oxidation sites excluding steroid dienone is 1. The molecular formula is C16H28N2O2. The summed E-state index contributed by atoms with van der Waals surface area (Å²) >= 11 is 0. The molecule has 1 N–H and O–H groups in total. The number of nitrogens with one attached hydrogen (secondary N) is 1. The Labute approximate surface area is 123 Å². The van der Waals surface area contributed by atoms with Gasteiger partial charge in [0, 0.05) is 12.2 Å². The lowest BCUT2D eigenvalue weighted by atomic mass is 10.2. The summed E-state index contributed by atoms with van der Waals surface area (Å²) in [7, 11) is 0. The molecule has 4 nitrogen and oxygen atoms in total. The molecule has 0 aromatic rings. The molecule has 1 unspecified atom stereocenters. The van der Waals surface area contributed by atoms with Crippen molar-refractivity contribution in [2.45, 2.75) is 46.6 Å². The molecule has 1 atom stereocenters. The Morgan fingerprint density at radius 1 is 1.50 bits per heavy atom. The molecule has 0 radical (unpaired) electrons. The van der Waals surface area contributed by atoms with Crippen LogP contribution in [0.15, 0.2) is 28.9 Å². The molecule has 1 aliphatic rings. The molecule has 1 heterocycles. The third-order valence-electron chi connectivity index (χ3n) is 2.48. The molecule has 0 aromatic heterocycles. The van der Waals surface area contributed by atoms with Gasteiger partial charge in [-0.25, -0.2) is 4.79 Å². The van der Waals surface area contributed by atoms with E-state index in [-0.39, 0.29) is 5.97 Å². The van der Waals surface area contributed by atoms with Crippen molar-refractivity contribution in [2.24, 2.45) is 10.9 Å². The van der Waals surface area contributed by atoms with Crippen LogP contribution in [0.5, 0.6) is 0 Å². The van der Waals surface area contributed by atoms with Crippen LogP contribution in [0.25, 0.3) is 0 Å². The van der Waals surface area contributed by atoms with Crippen LogP contribution in [0.1, 0.15) is 40.5 Å². The fourth-order valence-corrected chi connectivity index (χ4v) is 1.57. The van der Waals surface area contributed by atoms with Gasteiger partial charge in [0.05, 0.1) is 5.57 Å². The summed E-state index contributed by atoms with van der Waals surface area (Å²) in [6, 6.07) is 0.309. The van der Waals surface area contributed by atoms with E-state index in [0.717, 1.165) is 25.3 Å². The van der Waals surface area contributed by atoms with E-state index in [9.17, 15) is 4.79 Å².